The van der Waals surface area contributed by atoms with Crippen molar-refractivity contribution < 1.29 is 4.92 Å². The van der Waals surface area contributed by atoms with Gasteiger partial charge >= 0.3 is 0 Å². The molecule has 104 valence electrons. The zero-order chi connectivity index (χ0) is 14.8. The minimum absolute atomic E-state index is 0.0506. The van der Waals surface area contributed by atoms with E-state index in [0.29, 0.717) is 5.56 Å². The third kappa shape index (κ3) is 2.25. The van der Waals surface area contributed by atoms with Gasteiger partial charge in [0.05, 0.1) is 16.0 Å². The zero-order valence-corrected chi connectivity index (χ0v) is 11.6. The Morgan fingerprint density at radius 3 is 2.52 bits per heavy atom. The Morgan fingerprint density at radius 1 is 1.10 bits per heavy atom. The quantitative estimate of drug-likeness (QED) is 0.528. The maximum atomic E-state index is 11.4. The van der Waals surface area contributed by atoms with Gasteiger partial charge in [0.2, 0.25) is 0 Å². The van der Waals surface area contributed by atoms with E-state index in [-0.39, 0.29) is 10.6 Å². The molecular formula is C17H14N2O2. The SMILES string of the molecule is CCc1cccc2ncc([N+](=O)[O-])c(-c3ccccc3)c12. The van der Waals surface area contributed by atoms with Crippen LogP contribution in [0.25, 0.3) is 22.0 Å². The van der Waals surface area contributed by atoms with Gasteiger partial charge in [0.25, 0.3) is 5.69 Å². The molecule has 0 bridgehead atoms. The second kappa shape index (κ2) is 5.32. The highest BCUT2D eigenvalue weighted by Crippen LogP contribution is 2.37. The lowest BCUT2D eigenvalue weighted by atomic mass is 9.95. The first kappa shape index (κ1) is 13.2. The Balaban J connectivity index is 2.47. The highest BCUT2D eigenvalue weighted by molar-refractivity contribution is 6.01. The number of fused-ring (bicyclic) bond motifs is 1. The van der Waals surface area contributed by atoms with E-state index in [1.54, 1.807) is 0 Å². The molecule has 0 aliphatic carbocycles. The van der Waals surface area contributed by atoms with E-state index in [1.165, 1.54) is 6.20 Å². The van der Waals surface area contributed by atoms with Crippen molar-refractivity contribution in [2.75, 3.05) is 0 Å². The minimum atomic E-state index is -0.360. The van der Waals surface area contributed by atoms with Gasteiger partial charge in [-0.3, -0.25) is 10.1 Å². The number of nitrogens with zero attached hydrogens (tertiary/aromatic N) is 2. The summed E-state index contributed by atoms with van der Waals surface area (Å²) >= 11 is 0. The van der Waals surface area contributed by atoms with E-state index in [4.69, 9.17) is 0 Å². The van der Waals surface area contributed by atoms with E-state index in [9.17, 15) is 10.1 Å². The van der Waals surface area contributed by atoms with Crippen molar-refractivity contribution in [3.05, 3.63) is 70.4 Å². The maximum Gasteiger partial charge on any atom is 0.295 e. The molecular weight excluding hydrogens is 264 g/mol. The first-order chi connectivity index (χ1) is 10.2. The van der Waals surface area contributed by atoms with Crippen molar-refractivity contribution in [1.29, 1.82) is 0 Å². The Hall–Kier alpha value is -2.75. The summed E-state index contributed by atoms with van der Waals surface area (Å²) in [6.45, 7) is 2.04. The summed E-state index contributed by atoms with van der Waals surface area (Å²) < 4.78 is 0. The summed E-state index contributed by atoms with van der Waals surface area (Å²) in [4.78, 5) is 15.3. The van der Waals surface area contributed by atoms with E-state index < -0.39 is 0 Å². The normalized spacial score (nSPS) is 10.7. The fourth-order valence-electron chi connectivity index (χ4n) is 2.64. The Bertz CT molecular complexity index is 814. The Morgan fingerprint density at radius 2 is 1.86 bits per heavy atom. The van der Waals surface area contributed by atoms with Gasteiger partial charge in [-0.15, -0.1) is 0 Å². The minimum Gasteiger partial charge on any atom is -0.258 e. The van der Waals surface area contributed by atoms with Crippen LogP contribution in [0.3, 0.4) is 0 Å². The highest BCUT2D eigenvalue weighted by atomic mass is 16.6. The largest absolute Gasteiger partial charge is 0.295 e. The molecule has 1 heterocycles. The van der Waals surface area contributed by atoms with E-state index >= 15 is 0 Å². The van der Waals surface area contributed by atoms with Crippen LogP contribution in [0.15, 0.2) is 54.7 Å². The second-order valence-corrected chi connectivity index (χ2v) is 4.81. The second-order valence-electron chi connectivity index (χ2n) is 4.81. The number of benzene rings is 2. The predicted octanol–water partition coefficient (Wildman–Crippen LogP) is 4.37. The van der Waals surface area contributed by atoms with Gasteiger partial charge in [-0.05, 0) is 23.6 Å². The molecule has 0 atom stereocenters. The van der Waals surface area contributed by atoms with Gasteiger partial charge in [0.1, 0.15) is 6.20 Å². The van der Waals surface area contributed by atoms with Crippen LogP contribution < -0.4 is 0 Å². The van der Waals surface area contributed by atoms with Gasteiger partial charge in [-0.1, -0.05) is 49.4 Å². The van der Waals surface area contributed by atoms with Gasteiger partial charge in [0.15, 0.2) is 0 Å². The number of rotatable bonds is 3. The van der Waals surface area contributed by atoms with Crippen molar-refractivity contribution >= 4 is 16.6 Å². The van der Waals surface area contributed by atoms with Crippen LogP contribution in [0.2, 0.25) is 0 Å². The molecule has 4 nitrogen and oxygen atoms in total. The van der Waals surface area contributed by atoms with E-state index in [1.807, 2.05) is 55.5 Å². The maximum absolute atomic E-state index is 11.4. The fourth-order valence-corrected chi connectivity index (χ4v) is 2.64. The molecule has 0 amide bonds. The third-order valence-corrected chi connectivity index (χ3v) is 3.60. The van der Waals surface area contributed by atoms with Crippen molar-refractivity contribution in [2.45, 2.75) is 13.3 Å². The molecule has 0 saturated heterocycles. The topological polar surface area (TPSA) is 56.0 Å². The van der Waals surface area contributed by atoms with E-state index in [2.05, 4.69) is 4.98 Å². The van der Waals surface area contributed by atoms with Gasteiger partial charge in [0, 0.05) is 5.39 Å². The summed E-state index contributed by atoms with van der Waals surface area (Å²) in [5.41, 5.74) is 3.41. The number of aryl methyl sites for hydroxylation is 1. The smallest absolute Gasteiger partial charge is 0.258 e. The van der Waals surface area contributed by atoms with Crippen molar-refractivity contribution in [2.24, 2.45) is 0 Å². The predicted molar refractivity (Wildman–Crippen MR) is 83.2 cm³/mol. The average Bonchev–Trinajstić information content (AvgIpc) is 2.53. The van der Waals surface area contributed by atoms with Gasteiger partial charge < -0.3 is 0 Å². The van der Waals surface area contributed by atoms with Crippen LogP contribution in [0.5, 0.6) is 0 Å². The van der Waals surface area contributed by atoms with Crippen LogP contribution >= 0.6 is 0 Å². The van der Waals surface area contributed by atoms with Crippen LogP contribution in [-0.2, 0) is 6.42 Å². The monoisotopic (exact) mass is 278 g/mol. The number of hydrogen-bond donors (Lipinski definition) is 0. The third-order valence-electron chi connectivity index (χ3n) is 3.60. The molecule has 2 aromatic carbocycles. The number of aromatic nitrogens is 1. The first-order valence-electron chi connectivity index (χ1n) is 6.82. The van der Waals surface area contributed by atoms with Crippen molar-refractivity contribution in [3.63, 3.8) is 0 Å². The summed E-state index contributed by atoms with van der Waals surface area (Å²) in [7, 11) is 0. The number of hydrogen-bond acceptors (Lipinski definition) is 3. The van der Waals surface area contributed by atoms with Crippen molar-refractivity contribution in [1.82, 2.24) is 4.98 Å². The molecule has 3 rings (SSSR count). The lowest BCUT2D eigenvalue weighted by molar-refractivity contribution is -0.384. The van der Waals surface area contributed by atoms with Gasteiger partial charge in [-0.25, -0.2) is 4.98 Å². The average molecular weight is 278 g/mol. The lowest BCUT2D eigenvalue weighted by Crippen LogP contribution is -1.97. The molecule has 0 fully saturated rings. The summed E-state index contributed by atoms with van der Waals surface area (Å²) in [5.74, 6) is 0. The molecule has 4 heteroatoms. The molecule has 0 radical (unpaired) electrons. The number of pyridine rings is 1. The number of nitro groups is 1. The Labute approximate surface area is 122 Å². The summed E-state index contributed by atoms with van der Waals surface area (Å²) in [6, 6.07) is 15.3. The van der Waals surface area contributed by atoms with Crippen LogP contribution in [0.4, 0.5) is 5.69 Å². The molecule has 1 aromatic heterocycles. The van der Waals surface area contributed by atoms with Crippen LogP contribution in [-0.4, -0.2) is 9.91 Å². The first-order valence-corrected chi connectivity index (χ1v) is 6.82. The van der Waals surface area contributed by atoms with E-state index in [0.717, 1.165) is 28.5 Å². The lowest BCUT2D eigenvalue weighted by Gasteiger charge is -2.10. The van der Waals surface area contributed by atoms with Crippen molar-refractivity contribution in [3.8, 4) is 11.1 Å². The highest BCUT2D eigenvalue weighted by Gasteiger charge is 2.20. The molecule has 0 spiro atoms. The van der Waals surface area contributed by atoms with Gasteiger partial charge in [-0.2, -0.15) is 0 Å². The fraction of sp³-hybridized carbons (Fsp3) is 0.118. The Kier molecular flexibility index (Phi) is 3.36. The van der Waals surface area contributed by atoms with Crippen LogP contribution in [0.1, 0.15) is 12.5 Å². The zero-order valence-electron chi connectivity index (χ0n) is 11.6. The molecule has 3 aromatic rings. The molecule has 0 saturated carbocycles. The van der Waals surface area contributed by atoms with Crippen LogP contribution in [0, 0.1) is 10.1 Å². The molecule has 0 N–H and O–H groups in total. The summed E-state index contributed by atoms with van der Waals surface area (Å²) in [5, 5.41) is 12.3. The standard InChI is InChI=1S/C17H14N2O2/c1-2-12-9-6-10-14-16(12)17(13-7-4-3-5-8-13)15(11-18-14)19(20)21/h3-11H,2H2,1H3. The molecule has 0 aliphatic rings. The molecule has 21 heavy (non-hydrogen) atoms. The summed E-state index contributed by atoms with van der Waals surface area (Å²) in [6.07, 6.45) is 2.16. The molecule has 0 aliphatic heterocycles. The molecule has 0 unspecified atom stereocenters.